The molecule has 0 aliphatic heterocycles. The highest BCUT2D eigenvalue weighted by atomic mass is 14.6. The van der Waals surface area contributed by atoms with Gasteiger partial charge in [0.25, 0.3) is 0 Å². The predicted octanol–water partition coefficient (Wildman–Crippen LogP) is 5.53. The molecule has 0 aliphatic rings. The maximum absolute atomic E-state index is 6.19. The van der Waals surface area contributed by atoms with Gasteiger partial charge in [-0.1, -0.05) is 84.5 Å². The second-order valence-corrected chi connectivity index (χ2v) is 6.86. The van der Waals surface area contributed by atoms with Crippen LogP contribution in [0, 0.1) is 0 Å². The van der Waals surface area contributed by atoms with Crippen LogP contribution in [-0.2, 0) is 0 Å². The van der Waals surface area contributed by atoms with E-state index in [2.05, 4.69) is 13.8 Å². The Morgan fingerprint density at radius 2 is 0.810 bits per heavy atom. The highest BCUT2D eigenvalue weighted by Crippen LogP contribution is 2.13. The van der Waals surface area contributed by atoms with E-state index in [1.54, 1.807) is 0 Å². The average molecular weight is 299 g/mol. The average Bonchev–Trinajstić information content (AvgIpc) is 2.47. The van der Waals surface area contributed by atoms with Crippen molar-refractivity contribution < 1.29 is 0 Å². The number of hydrogen-bond donors (Lipinski definition) is 2. The van der Waals surface area contributed by atoms with Crippen LogP contribution >= 0.6 is 0 Å². The fraction of sp³-hybridized carbons (Fsp3) is 1.00. The monoisotopic (exact) mass is 298 g/mol. The van der Waals surface area contributed by atoms with Gasteiger partial charge in [0.2, 0.25) is 0 Å². The van der Waals surface area contributed by atoms with Gasteiger partial charge in [-0.25, -0.2) is 0 Å². The standard InChI is InChI=1S/C19H42N2/c1-3-5-7-9-11-14-18(20)16-13-17-19(21)15-12-10-8-6-4-2/h18-19H,3-17,20-21H2,1-2H3. The molecule has 2 atom stereocenters. The number of nitrogens with two attached hydrogens (primary N) is 2. The second-order valence-electron chi connectivity index (χ2n) is 6.86. The number of hydrogen-bond acceptors (Lipinski definition) is 2. The molecule has 21 heavy (non-hydrogen) atoms. The molecule has 4 N–H and O–H groups in total. The van der Waals surface area contributed by atoms with Crippen LogP contribution in [0.1, 0.15) is 110 Å². The van der Waals surface area contributed by atoms with Crippen LogP contribution in [0.2, 0.25) is 0 Å². The van der Waals surface area contributed by atoms with E-state index in [1.165, 1.54) is 83.5 Å². The quantitative estimate of drug-likeness (QED) is 0.368. The first kappa shape index (κ1) is 20.9. The minimum Gasteiger partial charge on any atom is -0.328 e. The summed E-state index contributed by atoms with van der Waals surface area (Å²) in [6.07, 6.45) is 19.5. The zero-order chi connectivity index (χ0) is 15.8. The Kier molecular flexibility index (Phi) is 16.2. The Balaban J connectivity index is 3.30. The lowest BCUT2D eigenvalue weighted by Crippen LogP contribution is -2.23. The number of unbranched alkanes of at least 4 members (excludes halogenated alkanes) is 8. The first-order valence-electron chi connectivity index (χ1n) is 9.71. The highest BCUT2D eigenvalue weighted by molar-refractivity contribution is 4.66. The lowest BCUT2D eigenvalue weighted by Gasteiger charge is -2.14. The lowest BCUT2D eigenvalue weighted by molar-refractivity contribution is 0.456. The molecule has 0 aromatic rings. The van der Waals surface area contributed by atoms with Crippen LogP contribution in [-0.4, -0.2) is 12.1 Å². The molecular formula is C19H42N2. The molecule has 0 amide bonds. The molecule has 0 rings (SSSR count). The molecule has 128 valence electrons. The van der Waals surface area contributed by atoms with E-state index in [9.17, 15) is 0 Å². The zero-order valence-corrected chi connectivity index (χ0v) is 14.9. The van der Waals surface area contributed by atoms with E-state index in [-0.39, 0.29) is 0 Å². The molecule has 2 unspecified atom stereocenters. The maximum Gasteiger partial charge on any atom is 0.00388 e. The molecule has 0 radical (unpaired) electrons. The van der Waals surface area contributed by atoms with Gasteiger partial charge in [-0.15, -0.1) is 0 Å². The topological polar surface area (TPSA) is 52.0 Å². The molecule has 0 fully saturated rings. The molecule has 0 saturated carbocycles. The zero-order valence-electron chi connectivity index (χ0n) is 14.9. The lowest BCUT2D eigenvalue weighted by atomic mass is 9.98. The van der Waals surface area contributed by atoms with E-state index in [1.807, 2.05) is 0 Å². The van der Waals surface area contributed by atoms with Crippen molar-refractivity contribution in [3.05, 3.63) is 0 Å². The molecule has 2 nitrogen and oxygen atoms in total. The molecule has 0 aliphatic carbocycles. The fourth-order valence-corrected chi connectivity index (χ4v) is 2.95. The summed E-state index contributed by atoms with van der Waals surface area (Å²) in [6, 6.07) is 0.812. The van der Waals surface area contributed by atoms with E-state index in [0.29, 0.717) is 12.1 Å². The summed E-state index contributed by atoms with van der Waals surface area (Å²) in [5.74, 6) is 0. The summed E-state index contributed by atoms with van der Waals surface area (Å²) in [5.41, 5.74) is 12.4. The molecule has 0 heterocycles. The Labute approximate surface area is 134 Å². The molecule has 2 heteroatoms. The molecule has 0 aromatic carbocycles. The Hall–Kier alpha value is -0.0800. The van der Waals surface area contributed by atoms with Gasteiger partial charge in [-0.3, -0.25) is 0 Å². The third-order valence-corrected chi connectivity index (χ3v) is 4.51. The van der Waals surface area contributed by atoms with Crippen molar-refractivity contribution >= 4 is 0 Å². The smallest absolute Gasteiger partial charge is 0.00388 e. The van der Waals surface area contributed by atoms with Crippen molar-refractivity contribution in [2.45, 2.75) is 122 Å². The minimum absolute atomic E-state index is 0.406. The SMILES string of the molecule is CCCCCCCC(N)CCCC(N)CCCCCCC. The van der Waals surface area contributed by atoms with E-state index < -0.39 is 0 Å². The van der Waals surface area contributed by atoms with E-state index in [4.69, 9.17) is 11.5 Å². The van der Waals surface area contributed by atoms with Crippen molar-refractivity contribution in [1.29, 1.82) is 0 Å². The largest absolute Gasteiger partial charge is 0.328 e. The van der Waals surface area contributed by atoms with Gasteiger partial charge in [-0.2, -0.15) is 0 Å². The van der Waals surface area contributed by atoms with Crippen molar-refractivity contribution in [3.8, 4) is 0 Å². The van der Waals surface area contributed by atoms with E-state index >= 15 is 0 Å². The van der Waals surface area contributed by atoms with Crippen molar-refractivity contribution in [3.63, 3.8) is 0 Å². The van der Waals surface area contributed by atoms with Crippen molar-refractivity contribution in [2.24, 2.45) is 11.5 Å². The molecule has 0 spiro atoms. The van der Waals surface area contributed by atoms with Gasteiger partial charge < -0.3 is 11.5 Å². The van der Waals surface area contributed by atoms with Crippen molar-refractivity contribution in [2.75, 3.05) is 0 Å². The van der Waals surface area contributed by atoms with Gasteiger partial charge in [0.05, 0.1) is 0 Å². The van der Waals surface area contributed by atoms with Crippen LogP contribution in [0.15, 0.2) is 0 Å². The second kappa shape index (κ2) is 16.3. The van der Waals surface area contributed by atoms with Gasteiger partial charge >= 0.3 is 0 Å². The number of rotatable bonds is 16. The molecule has 0 saturated heterocycles. The van der Waals surface area contributed by atoms with Crippen LogP contribution in [0.4, 0.5) is 0 Å². The van der Waals surface area contributed by atoms with Crippen LogP contribution in [0.3, 0.4) is 0 Å². The Morgan fingerprint density at radius 1 is 0.476 bits per heavy atom. The van der Waals surface area contributed by atoms with Crippen LogP contribution < -0.4 is 11.5 Å². The summed E-state index contributed by atoms with van der Waals surface area (Å²) in [6.45, 7) is 4.53. The first-order valence-corrected chi connectivity index (χ1v) is 9.71. The minimum atomic E-state index is 0.406. The Bertz CT molecular complexity index is 174. The third kappa shape index (κ3) is 16.1. The predicted molar refractivity (Wildman–Crippen MR) is 96.6 cm³/mol. The van der Waals surface area contributed by atoms with Gasteiger partial charge in [0.1, 0.15) is 0 Å². The molecule has 0 bridgehead atoms. The third-order valence-electron chi connectivity index (χ3n) is 4.51. The summed E-state index contributed by atoms with van der Waals surface area (Å²) in [7, 11) is 0. The normalized spacial score (nSPS) is 14.3. The van der Waals surface area contributed by atoms with Gasteiger partial charge in [0, 0.05) is 12.1 Å². The summed E-state index contributed by atoms with van der Waals surface area (Å²) in [5, 5.41) is 0. The van der Waals surface area contributed by atoms with Crippen molar-refractivity contribution in [1.82, 2.24) is 0 Å². The molecular weight excluding hydrogens is 256 g/mol. The molecule has 0 aromatic heterocycles. The summed E-state index contributed by atoms with van der Waals surface area (Å²) in [4.78, 5) is 0. The van der Waals surface area contributed by atoms with E-state index in [0.717, 1.165) is 12.8 Å². The maximum atomic E-state index is 6.19. The van der Waals surface area contributed by atoms with Crippen LogP contribution in [0.25, 0.3) is 0 Å². The fourth-order valence-electron chi connectivity index (χ4n) is 2.95. The first-order chi connectivity index (χ1) is 10.2. The van der Waals surface area contributed by atoms with Gasteiger partial charge in [-0.05, 0) is 25.7 Å². The van der Waals surface area contributed by atoms with Crippen LogP contribution in [0.5, 0.6) is 0 Å². The summed E-state index contributed by atoms with van der Waals surface area (Å²) < 4.78 is 0. The Morgan fingerprint density at radius 3 is 1.19 bits per heavy atom. The highest BCUT2D eigenvalue weighted by Gasteiger charge is 2.06. The van der Waals surface area contributed by atoms with Gasteiger partial charge in [0.15, 0.2) is 0 Å². The summed E-state index contributed by atoms with van der Waals surface area (Å²) >= 11 is 0.